The van der Waals surface area contributed by atoms with E-state index in [-0.39, 0.29) is 5.82 Å². The molecule has 0 aromatic heterocycles. The predicted molar refractivity (Wildman–Crippen MR) is 69.1 cm³/mol. The molecule has 2 nitrogen and oxygen atoms in total. The van der Waals surface area contributed by atoms with Crippen LogP contribution < -0.4 is 5.43 Å². The summed E-state index contributed by atoms with van der Waals surface area (Å²) in [5.41, 5.74) is 4.46. The highest BCUT2D eigenvalue weighted by Gasteiger charge is 1.91. The van der Waals surface area contributed by atoms with Crippen LogP contribution in [0.25, 0.3) is 0 Å². The lowest BCUT2D eigenvalue weighted by atomic mass is 10.2. The second-order valence-corrected chi connectivity index (χ2v) is 3.87. The van der Waals surface area contributed by atoms with E-state index in [4.69, 9.17) is 11.6 Å². The predicted octanol–water partition coefficient (Wildman–Crippen LogP) is 3.93. The van der Waals surface area contributed by atoms with Gasteiger partial charge >= 0.3 is 0 Å². The third kappa shape index (κ3) is 3.57. The normalized spacial score (nSPS) is 10.7. The summed E-state index contributed by atoms with van der Waals surface area (Å²) in [5.74, 6) is -0.259. The first-order valence-electron chi connectivity index (χ1n) is 5.04. The van der Waals surface area contributed by atoms with E-state index in [0.717, 1.165) is 11.3 Å². The van der Waals surface area contributed by atoms with Gasteiger partial charge in [-0.05, 0) is 35.9 Å². The number of hydrazone groups is 1. The van der Waals surface area contributed by atoms with Gasteiger partial charge in [0.05, 0.1) is 11.9 Å². The van der Waals surface area contributed by atoms with Crippen molar-refractivity contribution in [3.05, 3.63) is 64.9 Å². The van der Waals surface area contributed by atoms with Crippen molar-refractivity contribution in [3.63, 3.8) is 0 Å². The average molecular weight is 249 g/mol. The number of rotatable bonds is 3. The van der Waals surface area contributed by atoms with E-state index in [9.17, 15) is 4.39 Å². The Morgan fingerprint density at radius 1 is 1.12 bits per heavy atom. The second kappa shape index (κ2) is 5.46. The van der Waals surface area contributed by atoms with E-state index >= 15 is 0 Å². The molecule has 86 valence electrons. The summed E-state index contributed by atoms with van der Waals surface area (Å²) in [5, 5.41) is 4.67. The van der Waals surface area contributed by atoms with E-state index < -0.39 is 0 Å². The summed E-state index contributed by atoms with van der Waals surface area (Å²) >= 11 is 5.82. The molecule has 0 spiro atoms. The molecule has 0 unspecified atom stereocenters. The van der Waals surface area contributed by atoms with Gasteiger partial charge in [0, 0.05) is 5.02 Å². The summed E-state index contributed by atoms with van der Waals surface area (Å²) in [6.07, 6.45) is 1.61. The maximum absolute atomic E-state index is 12.6. The first-order chi connectivity index (χ1) is 8.24. The average Bonchev–Trinajstić information content (AvgIpc) is 2.32. The van der Waals surface area contributed by atoms with Gasteiger partial charge in [-0.1, -0.05) is 29.8 Å². The highest BCUT2D eigenvalue weighted by atomic mass is 35.5. The smallest absolute Gasteiger partial charge is 0.123 e. The van der Waals surface area contributed by atoms with Crippen molar-refractivity contribution >= 4 is 23.5 Å². The number of benzene rings is 2. The van der Waals surface area contributed by atoms with Crippen LogP contribution in [0.15, 0.2) is 53.6 Å². The number of nitrogens with zero attached hydrogens (tertiary/aromatic N) is 1. The van der Waals surface area contributed by atoms with Gasteiger partial charge in [0.25, 0.3) is 0 Å². The molecule has 0 heterocycles. The molecular weight excluding hydrogens is 239 g/mol. The highest BCUT2D eigenvalue weighted by molar-refractivity contribution is 6.30. The van der Waals surface area contributed by atoms with Crippen molar-refractivity contribution < 1.29 is 4.39 Å². The molecule has 0 saturated carbocycles. The monoisotopic (exact) mass is 248 g/mol. The second-order valence-electron chi connectivity index (χ2n) is 3.43. The van der Waals surface area contributed by atoms with Gasteiger partial charge in [0.15, 0.2) is 0 Å². The first kappa shape index (κ1) is 11.6. The maximum Gasteiger partial charge on any atom is 0.123 e. The Morgan fingerprint density at radius 2 is 1.88 bits per heavy atom. The lowest BCUT2D eigenvalue weighted by Gasteiger charge is -1.99. The highest BCUT2D eigenvalue weighted by Crippen LogP contribution is 2.14. The van der Waals surface area contributed by atoms with Crippen LogP contribution in [0.4, 0.5) is 10.1 Å². The minimum absolute atomic E-state index is 0.259. The Hall–Kier alpha value is -1.87. The Bertz CT molecular complexity index is 523. The lowest BCUT2D eigenvalue weighted by molar-refractivity contribution is 0.628. The summed E-state index contributed by atoms with van der Waals surface area (Å²) in [7, 11) is 0. The molecule has 0 aliphatic heterocycles. The standard InChI is InChI=1S/C13H10ClFN2/c14-11-2-1-3-13(8-11)17-16-9-10-4-6-12(15)7-5-10/h1-9,17H/b16-9+. The number of anilines is 1. The quantitative estimate of drug-likeness (QED) is 0.646. The van der Waals surface area contributed by atoms with Gasteiger partial charge in [-0.2, -0.15) is 5.10 Å². The van der Waals surface area contributed by atoms with Gasteiger partial charge in [-0.25, -0.2) is 4.39 Å². The minimum atomic E-state index is -0.259. The van der Waals surface area contributed by atoms with Gasteiger partial charge in [-0.3, -0.25) is 5.43 Å². The molecule has 0 fully saturated rings. The Balaban J connectivity index is 2.00. The van der Waals surface area contributed by atoms with Crippen LogP contribution in [-0.2, 0) is 0 Å². The van der Waals surface area contributed by atoms with E-state index in [2.05, 4.69) is 10.5 Å². The molecule has 2 rings (SSSR count). The minimum Gasteiger partial charge on any atom is -0.278 e. The molecule has 17 heavy (non-hydrogen) atoms. The van der Waals surface area contributed by atoms with Crippen molar-refractivity contribution in [1.29, 1.82) is 0 Å². The first-order valence-corrected chi connectivity index (χ1v) is 5.42. The Labute approximate surface area is 104 Å². The number of nitrogens with one attached hydrogen (secondary N) is 1. The SMILES string of the molecule is Fc1ccc(/C=N/Nc2cccc(Cl)c2)cc1. The topological polar surface area (TPSA) is 24.4 Å². The van der Waals surface area contributed by atoms with Crippen LogP contribution in [0.2, 0.25) is 5.02 Å². The maximum atomic E-state index is 12.6. The van der Waals surface area contributed by atoms with Crippen LogP contribution >= 0.6 is 11.6 Å². The largest absolute Gasteiger partial charge is 0.278 e. The number of hydrogen-bond acceptors (Lipinski definition) is 2. The van der Waals surface area contributed by atoms with Gasteiger partial charge in [0.2, 0.25) is 0 Å². The zero-order chi connectivity index (χ0) is 12.1. The third-order valence-corrected chi connectivity index (χ3v) is 2.34. The fraction of sp³-hybridized carbons (Fsp3) is 0. The fourth-order valence-corrected chi connectivity index (χ4v) is 1.48. The summed E-state index contributed by atoms with van der Waals surface area (Å²) in [6, 6.07) is 13.3. The van der Waals surface area contributed by atoms with Crippen molar-refractivity contribution in [3.8, 4) is 0 Å². The molecular formula is C13H10ClFN2. The van der Waals surface area contributed by atoms with Gasteiger partial charge < -0.3 is 0 Å². The van der Waals surface area contributed by atoms with Crippen molar-refractivity contribution in [2.45, 2.75) is 0 Å². The summed E-state index contributed by atoms with van der Waals surface area (Å²) < 4.78 is 12.6. The van der Waals surface area contributed by atoms with Crippen LogP contribution in [-0.4, -0.2) is 6.21 Å². The summed E-state index contributed by atoms with van der Waals surface area (Å²) in [6.45, 7) is 0. The molecule has 2 aromatic carbocycles. The van der Waals surface area contributed by atoms with Crippen LogP contribution in [0.1, 0.15) is 5.56 Å². The Kier molecular flexibility index (Phi) is 3.73. The van der Waals surface area contributed by atoms with Gasteiger partial charge in [0.1, 0.15) is 5.82 Å². The molecule has 0 saturated heterocycles. The van der Waals surface area contributed by atoms with Gasteiger partial charge in [-0.15, -0.1) is 0 Å². The lowest BCUT2D eigenvalue weighted by Crippen LogP contribution is -1.90. The molecule has 0 bridgehead atoms. The molecule has 0 aliphatic carbocycles. The van der Waals surface area contributed by atoms with Crippen molar-refractivity contribution in [2.75, 3.05) is 5.43 Å². The molecule has 1 N–H and O–H groups in total. The van der Waals surface area contributed by atoms with Crippen molar-refractivity contribution in [1.82, 2.24) is 0 Å². The van der Waals surface area contributed by atoms with Crippen LogP contribution in [0, 0.1) is 5.82 Å². The van der Waals surface area contributed by atoms with E-state index in [1.54, 1.807) is 30.5 Å². The third-order valence-electron chi connectivity index (χ3n) is 2.10. The van der Waals surface area contributed by atoms with Crippen molar-refractivity contribution in [2.24, 2.45) is 5.10 Å². The molecule has 0 atom stereocenters. The molecule has 2 aromatic rings. The number of halogens is 2. The molecule has 0 amide bonds. The zero-order valence-corrected chi connectivity index (χ0v) is 9.66. The molecule has 0 radical (unpaired) electrons. The van der Waals surface area contributed by atoms with Crippen LogP contribution in [0.5, 0.6) is 0 Å². The molecule has 4 heteroatoms. The fourth-order valence-electron chi connectivity index (χ4n) is 1.29. The van der Waals surface area contributed by atoms with E-state index in [0.29, 0.717) is 5.02 Å². The Morgan fingerprint density at radius 3 is 2.59 bits per heavy atom. The van der Waals surface area contributed by atoms with E-state index in [1.165, 1.54) is 12.1 Å². The van der Waals surface area contributed by atoms with E-state index in [1.807, 2.05) is 12.1 Å². The zero-order valence-electron chi connectivity index (χ0n) is 8.90. The van der Waals surface area contributed by atoms with Crippen LogP contribution in [0.3, 0.4) is 0 Å². The summed E-state index contributed by atoms with van der Waals surface area (Å²) in [4.78, 5) is 0. The molecule has 0 aliphatic rings. The number of hydrogen-bond donors (Lipinski definition) is 1.